The first-order valence-corrected chi connectivity index (χ1v) is 11.4. The normalized spacial score (nSPS) is 15.0. The molecule has 0 aliphatic carbocycles. The van der Waals surface area contributed by atoms with Crippen LogP contribution in [-0.2, 0) is 22.7 Å². The Morgan fingerprint density at radius 3 is 2.74 bits per heavy atom. The number of benzene rings is 2. The summed E-state index contributed by atoms with van der Waals surface area (Å²) in [7, 11) is 0. The van der Waals surface area contributed by atoms with Gasteiger partial charge in [0.25, 0.3) is 5.91 Å². The molecule has 1 aliphatic rings. The average Bonchev–Trinajstić information content (AvgIpc) is 2.83. The van der Waals surface area contributed by atoms with E-state index in [9.17, 15) is 14.0 Å². The molecule has 0 bridgehead atoms. The van der Waals surface area contributed by atoms with Gasteiger partial charge in [0.15, 0.2) is 6.10 Å². The number of anilines is 1. The van der Waals surface area contributed by atoms with E-state index >= 15 is 0 Å². The van der Waals surface area contributed by atoms with Gasteiger partial charge in [-0.3, -0.25) is 19.5 Å². The van der Waals surface area contributed by atoms with Gasteiger partial charge in [-0.1, -0.05) is 36.7 Å². The Hall–Kier alpha value is -3.45. The summed E-state index contributed by atoms with van der Waals surface area (Å²) in [5.41, 5.74) is 2.48. The van der Waals surface area contributed by atoms with E-state index in [1.807, 2.05) is 38.1 Å². The Kier molecular flexibility index (Phi) is 7.12. The Bertz CT molecular complexity index is 1180. The molecule has 6 nitrogen and oxygen atoms in total. The summed E-state index contributed by atoms with van der Waals surface area (Å²) in [5, 5.41) is 0.235. The van der Waals surface area contributed by atoms with Crippen molar-refractivity contribution in [1.29, 1.82) is 0 Å². The first kappa shape index (κ1) is 23.7. The number of carbonyl (C=O) groups excluding carboxylic acids is 2. The molecule has 176 valence electrons. The van der Waals surface area contributed by atoms with Crippen molar-refractivity contribution in [3.8, 4) is 5.75 Å². The first-order chi connectivity index (χ1) is 16.4. The van der Waals surface area contributed by atoms with Crippen LogP contribution >= 0.6 is 11.6 Å². The van der Waals surface area contributed by atoms with Crippen molar-refractivity contribution in [3.63, 3.8) is 0 Å². The quantitative estimate of drug-likeness (QED) is 0.480. The predicted molar refractivity (Wildman–Crippen MR) is 128 cm³/mol. The molecule has 3 aromatic rings. The second-order valence-corrected chi connectivity index (χ2v) is 8.63. The van der Waals surface area contributed by atoms with Crippen molar-refractivity contribution in [1.82, 2.24) is 9.88 Å². The Morgan fingerprint density at radius 1 is 1.21 bits per heavy atom. The number of aromatic nitrogens is 1. The fourth-order valence-electron chi connectivity index (χ4n) is 3.91. The minimum Gasteiger partial charge on any atom is -0.478 e. The first-order valence-electron chi connectivity index (χ1n) is 11.1. The third kappa shape index (κ3) is 5.04. The van der Waals surface area contributed by atoms with Gasteiger partial charge in [0.05, 0.1) is 12.2 Å². The largest absolute Gasteiger partial charge is 0.478 e. The summed E-state index contributed by atoms with van der Waals surface area (Å²) in [6.07, 6.45) is 3.09. The second kappa shape index (κ2) is 10.2. The molecule has 0 saturated heterocycles. The van der Waals surface area contributed by atoms with Gasteiger partial charge < -0.3 is 9.64 Å². The van der Waals surface area contributed by atoms with Crippen molar-refractivity contribution in [3.05, 3.63) is 88.5 Å². The van der Waals surface area contributed by atoms with Gasteiger partial charge in [-0.25, -0.2) is 4.39 Å². The summed E-state index contributed by atoms with van der Waals surface area (Å²) in [6, 6.07) is 13.6. The number of amides is 2. The van der Waals surface area contributed by atoms with E-state index in [-0.39, 0.29) is 42.0 Å². The number of fused-ring (bicyclic) bond motifs is 1. The molecule has 4 rings (SSSR count). The van der Waals surface area contributed by atoms with Crippen LogP contribution in [0, 0.1) is 12.7 Å². The maximum atomic E-state index is 14.6. The SMILES string of the molecule is CC[C@H]1Oc2ccc(C)cc2N(CC(=O)N(Cc2cccnc2)Cc2c(F)cccc2Cl)C1=O. The van der Waals surface area contributed by atoms with Crippen LogP contribution in [0.5, 0.6) is 5.75 Å². The van der Waals surface area contributed by atoms with Gasteiger partial charge in [-0.05, 0) is 54.8 Å². The van der Waals surface area contributed by atoms with Crippen LogP contribution in [0.15, 0.2) is 60.9 Å². The van der Waals surface area contributed by atoms with Crippen molar-refractivity contribution in [2.45, 2.75) is 39.5 Å². The molecule has 0 radical (unpaired) electrons. The third-order valence-corrected chi connectivity index (χ3v) is 6.09. The highest BCUT2D eigenvalue weighted by Gasteiger charge is 2.35. The molecule has 1 atom stereocenters. The Morgan fingerprint density at radius 2 is 2.03 bits per heavy atom. The number of rotatable bonds is 7. The Balaban J connectivity index is 1.66. The number of halogens is 2. The molecule has 2 amide bonds. The average molecular weight is 482 g/mol. The molecular formula is C26H25ClFN3O3. The summed E-state index contributed by atoms with van der Waals surface area (Å²) in [6.45, 7) is 3.70. The van der Waals surface area contributed by atoms with Crippen LogP contribution in [0.2, 0.25) is 5.02 Å². The van der Waals surface area contributed by atoms with Crippen molar-refractivity contribution in [2.75, 3.05) is 11.4 Å². The van der Waals surface area contributed by atoms with Crippen LogP contribution in [0.25, 0.3) is 0 Å². The second-order valence-electron chi connectivity index (χ2n) is 8.22. The lowest BCUT2D eigenvalue weighted by Gasteiger charge is -2.35. The van der Waals surface area contributed by atoms with Gasteiger partial charge in [-0.15, -0.1) is 0 Å². The maximum Gasteiger partial charge on any atom is 0.268 e. The van der Waals surface area contributed by atoms with Gasteiger partial charge in [-0.2, -0.15) is 0 Å². The highest BCUT2D eigenvalue weighted by molar-refractivity contribution is 6.31. The zero-order chi connectivity index (χ0) is 24.2. The topological polar surface area (TPSA) is 62.7 Å². The fraction of sp³-hybridized carbons (Fsp3) is 0.269. The number of ether oxygens (including phenoxy) is 1. The molecule has 0 spiro atoms. The molecule has 34 heavy (non-hydrogen) atoms. The summed E-state index contributed by atoms with van der Waals surface area (Å²) < 4.78 is 20.4. The molecule has 0 N–H and O–H groups in total. The smallest absolute Gasteiger partial charge is 0.268 e. The maximum absolute atomic E-state index is 14.6. The standard InChI is InChI=1S/C26H25ClFN3O3/c1-3-23-26(33)31(22-12-17(2)9-10-24(22)34-23)16-25(32)30(14-18-6-5-11-29-13-18)15-19-20(27)7-4-8-21(19)28/h4-13,23H,3,14-16H2,1-2H3/t23-/m1/s1. The number of carbonyl (C=O) groups is 2. The van der Waals surface area contributed by atoms with Gasteiger partial charge in [0, 0.05) is 29.5 Å². The van der Waals surface area contributed by atoms with E-state index < -0.39 is 11.9 Å². The summed E-state index contributed by atoms with van der Waals surface area (Å²) in [5.74, 6) is -0.563. The summed E-state index contributed by atoms with van der Waals surface area (Å²) in [4.78, 5) is 33.8. The van der Waals surface area contributed by atoms with Crippen molar-refractivity contribution in [2.24, 2.45) is 0 Å². The lowest BCUT2D eigenvalue weighted by Crippen LogP contribution is -2.50. The van der Waals surface area contributed by atoms with Crippen LogP contribution < -0.4 is 9.64 Å². The lowest BCUT2D eigenvalue weighted by molar-refractivity contribution is -0.134. The van der Waals surface area contributed by atoms with E-state index in [1.54, 1.807) is 24.5 Å². The zero-order valence-corrected chi connectivity index (χ0v) is 19.8. The fourth-order valence-corrected chi connectivity index (χ4v) is 4.13. The predicted octanol–water partition coefficient (Wildman–Crippen LogP) is 4.92. The third-order valence-electron chi connectivity index (χ3n) is 5.74. The highest BCUT2D eigenvalue weighted by atomic mass is 35.5. The van der Waals surface area contributed by atoms with Crippen molar-refractivity contribution < 1.29 is 18.7 Å². The van der Waals surface area contributed by atoms with Gasteiger partial charge in [0.1, 0.15) is 18.1 Å². The van der Waals surface area contributed by atoms with E-state index in [1.165, 1.54) is 21.9 Å². The minimum atomic E-state index is -0.671. The molecule has 2 aromatic carbocycles. The Labute approximate surface area is 202 Å². The van der Waals surface area contributed by atoms with Gasteiger partial charge >= 0.3 is 0 Å². The zero-order valence-electron chi connectivity index (χ0n) is 19.0. The number of hydrogen-bond acceptors (Lipinski definition) is 4. The number of aryl methyl sites for hydroxylation is 1. The molecule has 0 unspecified atom stereocenters. The molecular weight excluding hydrogens is 457 g/mol. The van der Waals surface area contributed by atoms with Crippen LogP contribution in [0.1, 0.15) is 30.0 Å². The van der Waals surface area contributed by atoms with E-state index in [2.05, 4.69) is 4.98 Å². The van der Waals surface area contributed by atoms with Crippen LogP contribution in [0.3, 0.4) is 0 Å². The van der Waals surface area contributed by atoms with Crippen LogP contribution in [0.4, 0.5) is 10.1 Å². The number of pyridine rings is 1. The molecule has 2 heterocycles. The van der Waals surface area contributed by atoms with E-state index in [0.29, 0.717) is 17.9 Å². The van der Waals surface area contributed by atoms with Crippen molar-refractivity contribution >= 4 is 29.1 Å². The number of nitrogens with zero attached hydrogens (tertiary/aromatic N) is 3. The molecule has 0 saturated carbocycles. The number of hydrogen-bond donors (Lipinski definition) is 0. The van der Waals surface area contributed by atoms with Crippen LogP contribution in [-0.4, -0.2) is 34.3 Å². The molecule has 1 aromatic heterocycles. The van der Waals surface area contributed by atoms with E-state index in [0.717, 1.165) is 11.1 Å². The summed E-state index contributed by atoms with van der Waals surface area (Å²) >= 11 is 6.25. The molecule has 1 aliphatic heterocycles. The minimum absolute atomic E-state index is 0.0460. The monoisotopic (exact) mass is 481 g/mol. The molecule has 0 fully saturated rings. The molecule has 8 heteroatoms. The highest BCUT2D eigenvalue weighted by Crippen LogP contribution is 2.35. The van der Waals surface area contributed by atoms with Gasteiger partial charge in [0.2, 0.25) is 5.91 Å². The lowest BCUT2D eigenvalue weighted by atomic mass is 10.1. The van der Waals surface area contributed by atoms with E-state index in [4.69, 9.17) is 16.3 Å².